The van der Waals surface area contributed by atoms with E-state index in [1.54, 1.807) is 18.2 Å². The number of hydrogen-bond acceptors (Lipinski definition) is 4. The van der Waals surface area contributed by atoms with Crippen LogP contribution >= 0.6 is 0 Å². The Kier molecular flexibility index (Phi) is 12.9. The maximum Gasteiger partial charge on any atom is 0.169 e. The fourth-order valence-corrected chi connectivity index (χ4v) is 11.8. The maximum absolute atomic E-state index is 7.56. The molecule has 7 aromatic carbocycles. The maximum atomic E-state index is 7.56. The molecule has 0 saturated carbocycles. The predicted octanol–water partition coefficient (Wildman–Crippen LogP) is 16.9. The van der Waals surface area contributed by atoms with E-state index >= 15 is 0 Å². The van der Waals surface area contributed by atoms with Crippen LogP contribution in [0.4, 0.5) is 0 Å². The van der Waals surface area contributed by atoms with Crippen LogP contribution in [-0.4, -0.2) is 27.6 Å². The third-order valence-electron chi connectivity index (χ3n) is 14.0. The summed E-state index contributed by atoms with van der Waals surface area (Å²) in [5.74, 6) is 1.29. The summed E-state index contributed by atoms with van der Waals surface area (Å²) >= 11 is 0. The van der Waals surface area contributed by atoms with Crippen molar-refractivity contribution < 1.29 is 28.6 Å². The van der Waals surface area contributed by atoms with Crippen LogP contribution in [0.5, 0.6) is 0 Å². The Labute approximate surface area is 444 Å². The third-order valence-corrected chi connectivity index (χ3v) is 16.0. The van der Waals surface area contributed by atoms with Crippen LogP contribution in [-0.2, 0) is 25.5 Å². The van der Waals surface area contributed by atoms with Gasteiger partial charge in [-0.25, -0.2) is 4.98 Å². The van der Waals surface area contributed by atoms with Gasteiger partial charge in [0.1, 0.15) is 5.58 Å². The summed E-state index contributed by atoms with van der Waals surface area (Å²) in [6.07, 6.45) is 2.02. The Bertz CT molecular complexity index is 3830. The van der Waals surface area contributed by atoms with Gasteiger partial charge in [-0.05, 0) is 81.2 Å². The van der Waals surface area contributed by atoms with Crippen LogP contribution < -0.4 is 5.19 Å². The first-order chi connectivity index (χ1) is 35.3. The summed E-state index contributed by atoms with van der Waals surface area (Å²) in [6, 6.07) is 60.6. The van der Waals surface area contributed by atoms with Crippen molar-refractivity contribution in [2.45, 2.75) is 92.2 Å². The van der Waals surface area contributed by atoms with Crippen molar-refractivity contribution >= 4 is 57.1 Å². The molecular weight excluding hydrogens is 1070 g/mol. The van der Waals surface area contributed by atoms with E-state index in [0.717, 1.165) is 77.9 Å². The zero-order valence-corrected chi connectivity index (χ0v) is 46.2. The minimum Gasteiger partial charge on any atom is -0.501 e. The van der Waals surface area contributed by atoms with E-state index in [0.29, 0.717) is 5.56 Å². The summed E-state index contributed by atoms with van der Waals surface area (Å²) in [4.78, 5) is 15.2. The number of furan rings is 1. The quantitative estimate of drug-likeness (QED) is 0.107. The van der Waals surface area contributed by atoms with E-state index in [1.807, 2.05) is 30.5 Å². The van der Waals surface area contributed by atoms with Crippen LogP contribution in [0.25, 0.3) is 83.3 Å². The van der Waals surface area contributed by atoms with E-state index in [9.17, 15) is 0 Å². The largest absolute Gasteiger partial charge is 0.501 e. The smallest absolute Gasteiger partial charge is 0.169 e. The molecule has 0 spiro atoms. The van der Waals surface area contributed by atoms with Gasteiger partial charge in [-0.15, -0.1) is 53.6 Å². The first-order valence-corrected chi connectivity index (χ1v) is 28.2. The number of para-hydroxylation sites is 1. The van der Waals surface area contributed by atoms with Gasteiger partial charge in [-0.2, -0.15) is 0 Å². The molecule has 0 fully saturated rings. The molecular formula is C65H62IrN4OSi-2. The van der Waals surface area contributed by atoms with Gasteiger partial charge in [-0.3, -0.25) is 4.98 Å². The number of benzene rings is 7. The Morgan fingerprint density at radius 2 is 1.32 bits per heavy atom. The summed E-state index contributed by atoms with van der Waals surface area (Å²) < 4.78 is 31.6. The molecule has 11 rings (SSSR count). The van der Waals surface area contributed by atoms with Gasteiger partial charge in [0.15, 0.2) is 5.65 Å². The van der Waals surface area contributed by atoms with Crippen molar-refractivity contribution in [2.75, 3.05) is 0 Å². The fraction of sp³-hybridized carbons (Fsp3) is 0.215. The zero-order chi connectivity index (χ0) is 52.3. The van der Waals surface area contributed by atoms with Crippen molar-refractivity contribution in [1.82, 2.24) is 19.5 Å². The number of imidazole rings is 1. The Balaban J connectivity index is 0.000000200. The van der Waals surface area contributed by atoms with Crippen molar-refractivity contribution in [3.63, 3.8) is 0 Å². The van der Waals surface area contributed by atoms with Crippen molar-refractivity contribution in [2.24, 2.45) is 0 Å². The molecule has 72 heavy (non-hydrogen) atoms. The number of nitrogens with zero attached hydrogens (tertiary/aromatic N) is 4. The van der Waals surface area contributed by atoms with Gasteiger partial charge in [0, 0.05) is 63.4 Å². The predicted molar refractivity (Wildman–Crippen MR) is 301 cm³/mol. The Morgan fingerprint density at radius 1 is 0.681 bits per heavy atom. The molecule has 0 saturated heterocycles. The second-order valence-corrected chi connectivity index (χ2v) is 25.9. The molecule has 7 heteroatoms. The van der Waals surface area contributed by atoms with Gasteiger partial charge < -0.3 is 14.0 Å². The average Bonchev–Trinajstić information content (AvgIpc) is 3.97. The van der Waals surface area contributed by atoms with Crippen molar-refractivity contribution in [1.29, 1.82) is 0 Å². The number of aryl methyl sites for hydroxylation is 2. The molecule has 0 atom stereocenters. The second kappa shape index (κ2) is 20.0. The number of rotatable bonds is 9. The molecule has 0 aliphatic rings. The van der Waals surface area contributed by atoms with Crippen LogP contribution in [0.3, 0.4) is 0 Å². The van der Waals surface area contributed by atoms with E-state index in [1.165, 1.54) is 38.6 Å². The number of hydrogen-bond donors (Lipinski definition) is 0. The van der Waals surface area contributed by atoms with Gasteiger partial charge in [0.05, 0.1) is 25.0 Å². The zero-order valence-electron chi connectivity index (χ0n) is 45.8. The topological polar surface area (TPSA) is 56.7 Å². The number of aromatic nitrogens is 4. The first kappa shape index (κ1) is 46.3. The van der Waals surface area contributed by atoms with Crippen LogP contribution in [0.15, 0.2) is 168 Å². The molecule has 0 bridgehead atoms. The molecule has 0 unspecified atom stereocenters. The van der Waals surface area contributed by atoms with Crippen LogP contribution in [0, 0.1) is 25.9 Å². The molecule has 1 radical (unpaired) electrons. The molecule has 5 nitrogen and oxygen atoms in total. The summed E-state index contributed by atoms with van der Waals surface area (Å²) in [6.45, 7) is 20.6. The van der Waals surface area contributed by atoms with E-state index in [4.69, 9.17) is 23.5 Å². The standard InChI is InChI=1S/C41H34N3O.C24H28NSi.Ir/c1-24(2)34-22-28(27-14-7-6-8-15-27)23-35(25(3)4)37(34)44-38-31-18-10-9-16-29(31)26(5)42-40(38)43-41(44)33-20-13-19-32-30-17-11-12-21-36(30)45-39(32)33;1-18-12-14-19(15-13-18)22-16-21(23(17-25-22)26(4,5)6)24(2,3)20-10-8-7-9-11-20;/h6-19,21-25H,1-5H3;7-14,16-17H,1-6H3;/q2*-1;/i;1D3;. The minimum atomic E-state index is -2.12. The van der Waals surface area contributed by atoms with Crippen LogP contribution in [0.2, 0.25) is 19.6 Å². The SMILES string of the molecule is Cc1nc2nc(-c3[c-]ccc4c3oc3ccccc34)n(-c3c(C(C)C)cc(-c4ccccc4)cc3C(C)C)c2c2ccccc12.[2H]C([2H])([2H])c1c[c-]c(-c2cc(C(C)(C)c3ccccc3)c([Si](C)(C)C)cn2)cc1.[Ir]. The second-order valence-electron chi connectivity index (χ2n) is 20.9. The van der Waals surface area contributed by atoms with E-state index in [-0.39, 0.29) is 37.4 Å². The molecule has 0 N–H and O–H groups in total. The normalized spacial score (nSPS) is 12.8. The average molecular weight is 1140 g/mol. The minimum absolute atomic E-state index is 0. The van der Waals surface area contributed by atoms with Crippen molar-refractivity contribution in [3.05, 3.63) is 210 Å². The van der Waals surface area contributed by atoms with Gasteiger partial charge >= 0.3 is 0 Å². The fourth-order valence-electron chi connectivity index (χ4n) is 10.1. The van der Waals surface area contributed by atoms with E-state index < -0.39 is 14.9 Å². The third kappa shape index (κ3) is 9.31. The Hall–Kier alpha value is -6.76. The van der Waals surface area contributed by atoms with Gasteiger partial charge in [0.25, 0.3) is 0 Å². The molecule has 4 heterocycles. The molecule has 0 aliphatic heterocycles. The molecule has 363 valence electrons. The Morgan fingerprint density at radius 3 is 1.96 bits per heavy atom. The molecule has 0 amide bonds. The summed E-state index contributed by atoms with van der Waals surface area (Å²) in [5, 5.41) is 5.74. The number of fused-ring (bicyclic) bond motifs is 6. The summed E-state index contributed by atoms with van der Waals surface area (Å²) in [7, 11) is -1.63. The first-order valence-electron chi connectivity index (χ1n) is 26.2. The van der Waals surface area contributed by atoms with Crippen molar-refractivity contribution in [3.8, 4) is 39.5 Å². The monoisotopic (exact) mass is 1140 g/mol. The number of pyridine rings is 2. The molecule has 11 aromatic rings. The summed E-state index contributed by atoms with van der Waals surface area (Å²) in [5.41, 5.74) is 15.6. The van der Waals surface area contributed by atoms with E-state index in [2.05, 4.69) is 200 Å². The molecule has 0 aliphatic carbocycles. The van der Waals surface area contributed by atoms with Gasteiger partial charge in [0.2, 0.25) is 0 Å². The van der Waals surface area contributed by atoms with Crippen LogP contribution in [0.1, 0.15) is 91.0 Å². The van der Waals surface area contributed by atoms with Gasteiger partial charge in [-0.1, -0.05) is 188 Å². The molecule has 4 aromatic heterocycles.